The monoisotopic (exact) mass is 988 g/mol. The van der Waals surface area contributed by atoms with Crippen LogP contribution < -0.4 is 26.4 Å². The third-order valence-electron chi connectivity index (χ3n) is 13.1. The number of nitrogens with one attached hydrogen (secondary N) is 3. The molecule has 7 N–H and O–H groups in total. The lowest BCUT2D eigenvalue weighted by atomic mass is 9.85. The molecule has 0 saturated carbocycles. The number of β-amino-alcohol motifs (C(OH)–C–C–N with tert-alkyl or cyclic N) is 1. The van der Waals surface area contributed by atoms with Gasteiger partial charge in [0.2, 0.25) is 23.6 Å². The maximum atomic E-state index is 14.1. The van der Waals surface area contributed by atoms with Gasteiger partial charge >= 0.3 is 0 Å². The smallest absolute Gasteiger partial charge is 0.246 e. The highest BCUT2D eigenvalue weighted by Crippen LogP contribution is 2.32. The van der Waals surface area contributed by atoms with Gasteiger partial charge in [-0.15, -0.1) is 21.5 Å². The van der Waals surface area contributed by atoms with E-state index in [0.717, 1.165) is 72.0 Å². The van der Waals surface area contributed by atoms with E-state index in [-0.39, 0.29) is 61.1 Å². The second-order valence-corrected chi connectivity index (χ2v) is 20.4. The number of phenolic OH excluding ortho intramolecular Hbond substituents is 1. The van der Waals surface area contributed by atoms with Gasteiger partial charge in [0.05, 0.1) is 28.8 Å². The molecule has 2 aromatic heterocycles. The van der Waals surface area contributed by atoms with Gasteiger partial charge in [0.1, 0.15) is 23.5 Å². The summed E-state index contributed by atoms with van der Waals surface area (Å²) in [7, 11) is 0. The molecule has 3 atom stereocenters. The van der Waals surface area contributed by atoms with Crippen LogP contribution in [0.25, 0.3) is 21.7 Å². The average molecular weight is 989 g/mol. The van der Waals surface area contributed by atoms with Gasteiger partial charge in [-0.1, -0.05) is 81.4 Å². The van der Waals surface area contributed by atoms with Crippen molar-refractivity contribution in [3.05, 3.63) is 107 Å². The van der Waals surface area contributed by atoms with E-state index in [2.05, 4.69) is 40.9 Å². The molecule has 0 bridgehead atoms. The Balaban J connectivity index is 0.754. The molecule has 2 aliphatic heterocycles. The number of aromatic hydroxyl groups is 1. The summed E-state index contributed by atoms with van der Waals surface area (Å²) in [6, 6.07) is 22.8. The van der Waals surface area contributed by atoms with Crippen molar-refractivity contribution in [1.29, 1.82) is 0 Å². The number of anilines is 1. The molecule has 2 fully saturated rings. The van der Waals surface area contributed by atoms with E-state index in [1.165, 1.54) is 4.90 Å². The molecule has 18 heteroatoms. The van der Waals surface area contributed by atoms with Crippen molar-refractivity contribution >= 4 is 40.8 Å². The van der Waals surface area contributed by atoms with Crippen molar-refractivity contribution in [2.24, 2.45) is 5.41 Å². The Morgan fingerprint density at radius 1 is 0.845 bits per heavy atom. The molecule has 2 aliphatic rings. The molecule has 5 aromatic rings. The van der Waals surface area contributed by atoms with E-state index >= 15 is 0 Å². The van der Waals surface area contributed by atoms with Crippen LogP contribution in [0.3, 0.4) is 0 Å². The van der Waals surface area contributed by atoms with Crippen molar-refractivity contribution < 1.29 is 34.1 Å². The van der Waals surface area contributed by atoms with Crippen LogP contribution in [-0.2, 0) is 38.7 Å². The van der Waals surface area contributed by atoms with Crippen LogP contribution in [0.2, 0.25) is 0 Å². The van der Waals surface area contributed by atoms with Crippen molar-refractivity contribution in [2.75, 3.05) is 58.2 Å². The summed E-state index contributed by atoms with van der Waals surface area (Å²) >= 11 is 1.58. The summed E-state index contributed by atoms with van der Waals surface area (Å²) in [5, 5.41) is 37.8. The first-order valence-electron chi connectivity index (χ1n) is 24.5. The fourth-order valence-corrected chi connectivity index (χ4v) is 9.66. The number of amides is 4. The minimum atomic E-state index is -0.870. The summed E-state index contributed by atoms with van der Waals surface area (Å²) < 4.78 is 5.92. The zero-order valence-corrected chi connectivity index (χ0v) is 42.0. The number of para-hydroxylation sites is 1. The van der Waals surface area contributed by atoms with Gasteiger partial charge in [-0.05, 0) is 66.1 Å². The van der Waals surface area contributed by atoms with Crippen LogP contribution in [0.1, 0.15) is 75.3 Å². The predicted octanol–water partition coefficient (Wildman–Crippen LogP) is 5.09. The molecule has 71 heavy (non-hydrogen) atoms. The minimum Gasteiger partial charge on any atom is -0.507 e. The SMILES string of the molecule is Cc1ncsc1-c1ccc(CNC(=O)[C@@H]2C[C@@H](O)CN2C(=O)[C@@H](NC(=O)CCCCN2CCN(CCC(=O)NCc3ccc(CCOc4cc(-c5ccccc5O)nnc4N)cc3)CC2)C(C)(C)C)cc1. The fraction of sp³-hybridized carbons (Fsp3) is 0.453. The number of piperazine rings is 1. The predicted molar refractivity (Wildman–Crippen MR) is 274 cm³/mol. The Morgan fingerprint density at radius 3 is 2.18 bits per heavy atom. The largest absolute Gasteiger partial charge is 0.507 e. The number of phenols is 1. The quantitative estimate of drug-likeness (QED) is 0.0528. The van der Waals surface area contributed by atoms with Crippen LogP contribution in [0.15, 0.2) is 84.4 Å². The lowest BCUT2D eigenvalue weighted by molar-refractivity contribution is -0.144. The highest BCUT2D eigenvalue weighted by atomic mass is 32.1. The van der Waals surface area contributed by atoms with Crippen LogP contribution in [-0.4, -0.2) is 134 Å². The molecule has 7 rings (SSSR count). The van der Waals surface area contributed by atoms with Crippen molar-refractivity contribution in [1.82, 2.24) is 45.8 Å². The first kappa shape index (κ1) is 52.4. The molecule has 17 nitrogen and oxygen atoms in total. The number of ether oxygens (including phenoxy) is 1. The van der Waals surface area contributed by atoms with Crippen molar-refractivity contribution in [3.8, 4) is 33.2 Å². The van der Waals surface area contributed by atoms with Gasteiger partial charge in [0.25, 0.3) is 0 Å². The second-order valence-electron chi connectivity index (χ2n) is 19.5. The van der Waals surface area contributed by atoms with E-state index in [4.69, 9.17) is 10.5 Å². The molecular formula is C53H68N10O7S. The molecule has 2 saturated heterocycles. The maximum absolute atomic E-state index is 14.1. The first-order valence-corrected chi connectivity index (χ1v) is 25.4. The summed E-state index contributed by atoms with van der Waals surface area (Å²) in [6.07, 6.45) is 2.10. The Kier molecular flexibility index (Phi) is 18.1. The van der Waals surface area contributed by atoms with Gasteiger partial charge in [0.15, 0.2) is 11.6 Å². The van der Waals surface area contributed by atoms with E-state index in [9.17, 15) is 29.4 Å². The van der Waals surface area contributed by atoms with E-state index in [1.807, 2.05) is 81.7 Å². The van der Waals surface area contributed by atoms with E-state index in [0.29, 0.717) is 56.0 Å². The first-order chi connectivity index (χ1) is 34.1. The second kappa shape index (κ2) is 24.6. The maximum Gasteiger partial charge on any atom is 0.246 e. The van der Waals surface area contributed by atoms with E-state index in [1.54, 1.807) is 41.7 Å². The van der Waals surface area contributed by atoms with Gasteiger partial charge < -0.3 is 51.3 Å². The number of benzene rings is 3. The van der Waals surface area contributed by atoms with Gasteiger partial charge in [0, 0.05) is 89.7 Å². The summed E-state index contributed by atoms with van der Waals surface area (Å²) in [5.74, 6) is -0.259. The van der Waals surface area contributed by atoms with Crippen LogP contribution in [0.4, 0.5) is 5.82 Å². The number of unbranched alkanes of at least 4 members (excludes halogenated alkanes) is 1. The number of aliphatic hydroxyl groups excluding tert-OH is 1. The number of thiazole rings is 1. The highest BCUT2D eigenvalue weighted by Gasteiger charge is 2.44. The van der Waals surface area contributed by atoms with Crippen LogP contribution in [0, 0.1) is 12.3 Å². The number of rotatable bonds is 21. The molecule has 4 amide bonds. The fourth-order valence-electron chi connectivity index (χ4n) is 8.84. The molecule has 4 heterocycles. The molecular weight excluding hydrogens is 921 g/mol. The zero-order chi connectivity index (χ0) is 50.5. The Bertz CT molecular complexity index is 2580. The topological polar surface area (TPSA) is 228 Å². The molecule has 3 aromatic carbocycles. The van der Waals surface area contributed by atoms with Crippen molar-refractivity contribution in [3.63, 3.8) is 0 Å². The number of aliphatic hydroxyl groups is 1. The lowest BCUT2D eigenvalue weighted by Crippen LogP contribution is -2.57. The molecule has 378 valence electrons. The third-order valence-corrected chi connectivity index (χ3v) is 14.1. The van der Waals surface area contributed by atoms with E-state index < -0.39 is 23.6 Å². The summed E-state index contributed by atoms with van der Waals surface area (Å²) in [4.78, 5) is 65.1. The molecule has 0 spiro atoms. The number of carbonyl (C=O) groups excluding carboxylic acids is 4. The number of nitrogen functional groups attached to an aromatic ring is 1. The van der Waals surface area contributed by atoms with Gasteiger partial charge in [-0.2, -0.15) is 0 Å². The van der Waals surface area contributed by atoms with Gasteiger partial charge in [-0.25, -0.2) is 4.98 Å². The number of aryl methyl sites for hydroxylation is 1. The van der Waals surface area contributed by atoms with Crippen LogP contribution >= 0.6 is 11.3 Å². The van der Waals surface area contributed by atoms with Crippen molar-refractivity contribution in [2.45, 2.75) is 97.5 Å². The minimum absolute atomic E-state index is 0.00453. The number of hydrogen-bond acceptors (Lipinski definition) is 14. The number of aromatic nitrogens is 3. The Morgan fingerprint density at radius 2 is 1.51 bits per heavy atom. The Labute approximate surface area is 420 Å². The summed E-state index contributed by atoms with van der Waals surface area (Å²) in [5.41, 5.74) is 13.2. The number of nitrogens with zero attached hydrogens (tertiary/aromatic N) is 6. The summed E-state index contributed by atoms with van der Waals surface area (Å²) in [6.45, 7) is 13.8. The standard InChI is InChI=1S/C53H68N10O7S/c1-35-48(71-34-57-35)39-18-16-38(17-19-39)32-56-51(68)43-29-40(64)33-63(43)52(69)49(53(2,3)4)58-47(67)11-7-8-22-61-24-26-62(27-25-61)23-20-46(66)55-31-37-14-12-36(13-15-37)21-28-70-45-30-42(59-60-50(45)54)41-9-5-6-10-44(41)65/h5-6,9-10,12-19,30,34,40,43,49,64-65H,7-8,11,20-29,31-33H2,1-4H3,(H2,54,60)(H,55,66)(H,56,68)(H,58,67)/t40-,43+,49-/m1/s1. The molecule has 0 aliphatic carbocycles. The van der Waals surface area contributed by atoms with Crippen LogP contribution in [0.5, 0.6) is 11.5 Å². The molecule has 0 radical (unpaired) electrons. The Hall–Kier alpha value is -6.47. The zero-order valence-electron chi connectivity index (χ0n) is 41.2. The van der Waals surface area contributed by atoms with Gasteiger partial charge in [-0.3, -0.25) is 19.2 Å². The number of likely N-dealkylation sites (tertiary alicyclic amines) is 1. The average Bonchev–Trinajstić information content (AvgIpc) is 3.98. The normalized spacial score (nSPS) is 16.9. The number of nitrogens with two attached hydrogens (primary N) is 1. The number of hydrogen-bond donors (Lipinski definition) is 6. The molecule has 0 unspecified atom stereocenters. The number of carbonyl (C=O) groups is 4. The third kappa shape index (κ3) is 14.8. The lowest BCUT2D eigenvalue weighted by Gasteiger charge is -2.35. The highest BCUT2D eigenvalue weighted by molar-refractivity contribution is 7.13.